The Kier molecular flexibility index (Phi) is 14.5. The molecule has 0 saturated heterocycles. The van der Waals surface area contributed by atoms with Crippen molar-refractivity contribution in [1.29, 1.82) is 0 Å². The molecule has 1 aliphatic carbocycles. The average molecular weight is 865 g/mol. The summed E-state index contributed by atoms with van der Waals surface area (Å²) in [5.41, 5.74) is 14.7. The fraction of sp³-hybridized carbons (Fsp3) is 0.533. The third-order valence-electron chi connectivity index (χ3n) is 13.3. The van der Waals surface area contributed by atoms with Gasteiger partial charge in [0, 0.05) is 25.7 Å². The first-order chi connectivity index (χ1) is 30.3. The van der Waals surface area contributed by atoms with Crippen molar-refractivity contribution in [3.05, 3.63) is 140 Å². The van der Waals surface area contributed by atoms with Crippen molar-refractivity contribution in [3.63, 3.8) is 0 Å². The maximum absolute atomic E-state index is 7.14. The molecule has 4 heteroatoms. The number of benzene rings is 4. The molecule has 0 amide bonds. The highest BCUT2D eigenvalue weighted by Crippen LogP contribution is 2.44. The van der Waals surface area contributed by atoms with E-state index in [1.807, 2.05) is 0 Å². The van der Waals surface area contributed by atoms with Gasteiger partial charge < -0.3 is 18.9 Å². The highest BCUT2D eigenvalue weighted by molar-refractivity contribution is 5.60. The molecular formula is C60H80O4. The van der Waals surface area contributed by atoms with Crippen LogP contribution in [-0.2, 0) is 47.3 Å². The number of rotatable bonds is 0. The number of hydrogen-bond acceptors (Lipinski definition) is 4. The lowest BCUT2D eigenvalue weighted by molar-refractivity contribution is 0.300. The smallest absolute Gasteiger partial charge is 0.126 e. The maximum atomic E-state index is 7.14. The second-order valence-corrected chi connectivity index (χ2v) is 23.1. The van der Waals surface area contributed by atoms with Gasteiger partial charge in [-0.15, -0.1) is 0 Å². The Morgan fingerprint density at radius 1 is 0.281 bits per heavy atom. The first-order valence-corrected chi connectivity index (χ1v) is 24.7. The lowest BCUT2D eigenvalue weighted by atomic mass is 9.79. The van der Waals surface area contributed by atoms with Crippen molar-refractivity contribution < 1.29 is 18.9 Å². The lowest BCUT2D eigenvalue weighted by Crippen LogP contribution is -2.18. The third-order valence-corrected chi connectivity index (χ3v) is 13.3. The zero-order valence-electron chi connectivity index (χ0n) is 41.9. The standard InChI is InChI=1S/C60H80O4/c1-57(2,3)49-33-41-29-42-34-50(58(4,5)6)39-47-32-48-40-52(60(10,11)12)36-44-30-43-35-51(59(7,8)9)38-46(55(43)63-27-23-19-15-16-20-24-28-64-56(44)48)31-45(37-49)53(41)61-25-21-17-13-14-18-22-26-62-54(42)47/h13-16,33-40H,17-32H2,1-12H3/b14-13-,16-15-. The quantitative estimate of drug-likeness (QED) is 0.145. The second kappa shape index (κ2) is 19.6. The van der Waals surface area contributed by atoms with Gasteiger partial charge >= 0.3 is 0 Å². The molecule has 2 heterocycles. The van der Waals surface area contributed by atoms with Crippen molar-refractivity contribution in [2.24, 2.45) is 0 Å². The summed E-state index contributed by atoms with van der Waals surface area (Å²) in [6.07, 6.45) is 20.0. The molecule has 4 aromatic rings. The summed E-state index contributed by atoms with van der Waals surface area (Å²) in [7, 11) is 0. The van der Waals surface area contributed by atoms with Crippen molar-refractivity contribution in [3.8, 4) is 23.0 Å². The lowest BCUT2D eigenvalue weighted by Gasteiger charge is -2.29. The van der Waals surface area contributed by atoms with Gasteiger partial charge in [0.2, 0.25) is 0 Å². The van der Waals surface area contributed by atoms with Crippen LogP contribution in [0.5, 0.6) is 23.0 Å². The minimum Gasteiger partial charge on any atom is -0.493 e. The molecule has 4 aromatic carbocycles. The van der Waals surface area contributed by atoms with E-state index in [1.54, 1.807) is 0 Å². The molecule has 3 aliphatic rings. The molecule has 2 aliphatic heterocycles. The fourth-order valence-corrected chi connectivity index (χ4v) is 9.34. The van der Waals surface area contributed by atoms with Crippen molar-refractivity contribution in [2.75, 3.05) is 26.4 Å². The van der Waals surface area contributed by atoms with Crippen LogP contribution in [0.25, 0.3) is 0 Å². The Morgan fingerprint density at radius 2 is 0.453 bits per heavy atom. The van der Waals surface area contributed by atoms with E-state index in [0.29, 0.717) is 52.1 Å². The SMILES string of the molecule is CC(C)(C)c1cc2c3c(c1)Cc1cc(C(C)(C)C)cc4c1OCCC/C=C\CCCOc1c(cc(C(C)(C)C)cc1Cc1cc(C(C)(C)C)cc(c1OCCC/C=C\CCCO3)C2)C4. The van der Waals surface area contributed by atoms with Crippen LogP contribution in [0, 0.1) is 0 Å². The van der Waals surface area contributed by atoms with Gasteiger partial charge in [-0.25, -0.2) is 0 Å². The van der Waals surface area contributed by atoms with Crippen LogP contribution < -0.4 is 18.9 Å². The summed E-state index contributed by atoms with van der Waals surface area (Å²) < 4.78 is 28.6. The van der Waals surface area contributed by atoms with E-state index in [1.165, 1.54) is 66.8 Å². The first kappa shape index (κ1) is 47.5. The highest BCUT2D eigenvalue weighted by Gasteiger charge is 2.29. The molecule has 0 saturated carbocycles. The van der Waals surface area contributed by atoms with E-state index in [-0.39, 0.29) is 21.7 Å². The van der Waals surface area contributed by atoms with Gasteiger partial charge in [0.25, 0.3) is 0 Å². The summed E-state index contributed by atoms with van der Waals surface area (Å²) in [6.45, 7) is 30.7. The Hall–Kier alpha value is -4.44. The summed E-state index contributed by atoms with van der Waals surface area (Å²) in [4.78, 5) is 0. The maximum Gasteiger partial charge on any atom is 0.126 e. The zero-order chi connectivity index (χ0) is 45.9. The molecule has 0 radical (unpaired) electrons. The normalized spacial score (nSPS) is 18.1. The molecule has 0 atom stereocenters. The van der Waals surface area contributed by atoms with Crippen LogP contribution in [0.1, 0.15) is 201 Å². The molecule has 7 rings (SSSR count). The molecule has 0 fully saturated rings. The van der Waals surface area contributed by atoms with Gasteiger partial charge in [-0.2, -0.15) is 0 Å². The first-order valence-electron chi connectivity index (χ1n) is 24.7. The molecule has 0 unspecified atom stereocenters. The van der Waals surface area contributed by atoms with Crippen LogP contribution >= 0.6 is 0 Å². The zero-order valence-corrected chi connectivity index (χ0v) is 41.9. The Labute approximate surface area is 388 Å². The van der Waals surface area contributed by atoms with Crippen LogP contribution in [-0.4, -0.2) is 26.4 Å². The van der Waals surface area contributed by atoms with Crippen LogP contribution in [0.15, 0.2) is 72.8 Å². The Bertz CT molecular complexity index is 2000. The summed E-state index contributed by atoms with van der Waals surface area (Å²) in [6, 6.07) is 19.6. The molecule has 0 aromatic heterocycles. The third kappa shape index (κ3) is 11.7. The monoisotopic (exact) mass is 865 g/mol. The minimum absolute atomic E-state index is 0.0803. The van der Waals surface area contributed by atoms with E-state index in [2.05, 4.69) is 156 Å². The van der Waals surface area contributed by atoms with Crippen molar-refractivity contribution in [1.82, 2.24) is 0 Å². The molecule has 344 valence electrons. The highest BCUT2D eigenvalue weighted by atomic mass is 16.5. The fourth-order valence-electron chi connectivity index (χ4n) is 9.34. The minimum atomic E-state index is -0.0803. The van der Waals surface area contributed by atoms with Gasteiger partial charge in [0.05, 0.1) is 26.4 Å². The van der Waals surface area contributed by atoms with Crippen molar-refractivity contribution in [2.45, 2.75) is 182 Å². The molecule has 12 bridgehead atoms. The van der Waals surface area contributed by atoms with E-state index in [0.717, 1.165) is 74.4 Å². The Balaban J connectivity index is 1.63. The molecule has 64 heavy (non-hydrogen) atoms. The van der Waals surface area contributed by atoms with E-state index >= 15 is 0 Å². The van der Waals surface area contributed by atoms with Gasteiger partial charge in [0.1, 0.15) is 23.0 Å². The molecular weight excluding hydrogens is 785 g/mol. The van der Waals surface area contributed by atoms with Gasteiger partial charge in [-0.05, 0) is 140 Å². The average Bonchev–Trinajstić information content (AvgIpc) is 3.20. The Morgan fingerprint density at radius 3 is 0.609 bits per heavy atom. The summed E-state index contributed by atoms with van der Waals surface area (Å²) in [5.74, 6) is 4.06. The predicted octanol–water partition coefficient (Wildman–Crippen LogP) is 15.3. The number of allylic oxidation sites excluding steroid dienone is 4. The van der Waals surface area contributed by atoms with Gasteiger partial charge in [0.15, 0.2) is 0 Å². The predicted molar refractivity (Wildman–Crippen MR) is 269 cm³/mol. The summed E-state index contributed by atoms with van der Waals surface area (Å²) >= 11 is 0. The number of hydrogen-bond donors (Lipinski definition) is 0. The summed E-state index contributed by atoms with van der Waals surface area (Å²) in [5, 5.41) is 0. The van der Waals surface area contributed by atoms with Gasteiger partial charge in [-0.1, -0.05) is 156 Å². The van der Waals surface area contributed by atoms with E-state index in [9.17, 15) is 0 Å². The van der Waals surface area contributed by atoms with E-state index < -0.39 is 0 Å². The largest absolute Gasteiger partial charge is 0.493 e. The molecule has 4 nitrogen and oxygen atoms in total. The topological polar surface area (TPSA) is 36.9 Å². The van der Waals surface area contributed by atoms with E-state index in [4.69, 9.17) is 18.9 Å². The van der Waals surface area contributed by atoms with Crippen LogP contribution in [0.3, 0.4) is 0 Å². The van der Waals surface area contributed by atoms with Gasteiger partial charge in [-0.3, -0.25) is 0 Å². The van der Waals surface area contributed by atoms with Crippen LogP contribution in [0.2, 0.25) is 0 Å². The molecule has 0 spiro atoms. The second-order valence-electron chi connectivity index (χ2n) is 23.1. The number of ether oxygens (including phenoxy) is 4. The van der Waals surface area contributed by atoms with Crippen molar-refractivity contribution >= 4 is 0 Å². The molecule has 0 N–H and O–H groups in total. The van der Waals surface area contributed by atoms with Crippen LogP contribution in [0.4, 0.5) is 0 Å².